The second-order valence-corrected chi connectivity index (χ2v) is 2.93. The number of ether oxygens (including phenoxy) is 1. The van der Waals surface area contributed by atoms with Crippen LogP contribution in [0.25, 0.3) is 0 Å². The first-order valence-corrected chi connectivity index (χ1v) is 4.42. The second-order valence-electron chi connectivity index (χ2n) is 2.93. The van der Waals surface area contributed by atoms with Crippen LogP contribution in [-0.4, -0.2) is 34.3 Å². The third kappa shape index (κ3) is 2.88. The van der Waals surface area contributed by atoms with Crippen molar-refractivity contribution in [2.24, 2.45) is 0 Å². The van der Waals surface area contributed by atoms with E-state index in [2.05, 4.69) is 0 Å². The van der Waals surface area contributed by atoms with Crippen LogP contribution in [0.2, 0.25) is 0 Å². The highest BCUT2D eigenvalue weighted by atomic mass is 19.1. The summed E-state index contributed by atoms with van der Waals surface area (Å²) in [6.07, 6.45) is 0. The number of carboxylic acid groups (broad SMARTS) is 1. The average Bonchev–Trinajstić information content (AvgIpc) is 2.25. The summed E-state index contributed by atoms with van der Waals surface area (Å²) < 4.78 is 18.0. The Morgan fingerprint density at radius 1 is 1.53 bits per heavy atom. The predicted octanol–water partition coefficient (Wildman–Crippen LogP) is 0.803. The zero-order valence-corrected chi connectivity index (χ0v) is 8.42. The van der Waals surface area contributed by atoms with Crippen molar-refractivity contribution in [2.75, 3.05) is 13.2 Å². The number of aliphatic hydroxyl groups excluding tert-OH is 1. The molecule has 0 atom stereocenters. The van der Waals surface area contributed by atoms with Gasteiger partial charge < -0.3 is 14.9 Å². The van der Waals surface area contributed by atoms with Crippen molar-refractivity contribution in [3.8, 4) is 5.75 Å². The Labute approximate surface area is 94.2 Å². The molecule has 0 fully saturated rings. The van der Waals surface area contributed by atoms with Gasteiger partial charge in [0.25, 0.3) is 0 Å². The molecule has 0 bridgehead atoms. The van der Waals surface area contributed by atoms with Gasteiger partial charge in [-0.3, -0.25) is 10.1 Å². The molecule has 92 valence electrons. The number of rotatable bonds is 5. The van der Waals surface area contributed by atoms with Gasteiger partial charge in [0.05, 0.1) is 11.5 Å². The number of halogens is 1. The number of nitro benzene ring substituents is 1. The van der Waals surface area contributed by atoms with E-state index in [4.69, 9.17) is 14.9 Å². The zero-order chi connectivity index (χ0) is 13.0. The molecule has 0 spiro atoms. The minimum Gasteiger partial charge on any atom is -0.484 e. The van der Waals surface area contributed by atoms with E-state index in [1.807, 2.05) is 0 Å². The molecule has 2 N–H and O–H groups in total. The molecule has 0 aromatic heterocycles. The minimum atomic E-state index is -1.61. The van der Waals surface area contributed by atoms with Gasteiger partial charge in [0.15, 0.2) is 5.75 Å². The Hall–Kier alpha value is -2.22. The fourth-order valence-electron chi connectivity index (χ4n) is 1.12. The second kappa shape index (κ2) is 5.21. The smallest absolute Gasteiger partial charge is 0.338 e. The molecule has 0 saturated heterocycles. The molecule has 1 aromatic rings. The van der Waals surface area contributed by atoms with E-state index in [-0.39, 0.29) is 6.61 Å². The summed E-state index contributed by atoms with van der Waals surface area (Å²) in [7, 11) is 0. The van der Waals surface area contributed by atoms with E-state index in [1.54, 1.807) is 0 Å². The topological polar surface area (TPSA) is 110 Å². The lowest BCUT2D eigenvalue weighted by Gasteiger charge is -2.06. The summed E-state index contributed by atoms with van der Waals surface area (Å²) in [4.78, 5) is 20.3. The summed E-state index contributed by atoms with van der Waals surface area (Å²) in [6, 6.07) is 1.18. The number of benzene rings is 1. The molecule has 1 aromatic carbocycles. The van der Waals surface area contributed by atoms with Crippen LogP contribution >= 0.6 is 0 Å². The summed E-state index contributed by atoms with van der Waals surface area (Å²) in [6.45, 7) is -0.661. The summed E-state index contributed by atoms with van der Waals surface area (Å²) in [5, 5.41) is 27.7. The molecular formula is C9H8FNO6. The molecule has 0 heterocycles. The maximum absolute atomic E-state index is 13.2. The Bertz CT molecular complexity index is 461. The van der Waals surface area contributed by atoms with Crippen molar-refractivity contribution in [1.82, 2.24) is 0 Å². The van der Waals surface area contributed by atoms with Gasteiger partial charge in [0.1, 0.15) is 18.0 Å². The quantitative estimate of drug-likeness (QED) is 0.586. The van der Waals surface area contributed by atoms with Crippen molar-refractivity contribution in [2.45, 2.75) is 0 Å². The number of aromatic carboxylic acids is 1. The first-order valence-electron chi connectivity index (χ1n) is 4.42. The molecule has 0 saturated carbocycles. The molecule has 0 unspecified atom stereocenters. The first-order chi connectivity index (χ1) is 7.97. The van der Waals surface area contributed by atoms with E-state index >= 15 is 0 Å². The normalized spacial score (nSPS) is 10.0. The van der Waals surface area contributed by atoms with Gasteiger partial charge in [-0.1, -0.05) is 0 Å². The van der Waals surface area contributed by atoms with E-state index in [1.165, 1.54) is 0 Å². The lowest BCUT2D eigenvalue weighted by molar-refractivity contribution is -0.386. The monoisotopic (exact) mass is 245 g/mol. The molecule has 0 aliphatic rings. The van der Waals surface area contributed by atoms with Gasteiger partial charge in [-0.25, -0.2) is 9.18 Å². The van der Waals surface area contributed by atoms with Crippen molar-refractivity contribution >= 4 is 11.7 Å². The van der Waals surface area contributed by atoms with Gasteiger partial charge in [-0.15, -0.1) is 0 Å². The lowest BCUT2D eigenvalue weighted by Crippen LogP contribution is -2.07. The van der Waals surface area contributed by atoms with Crippen LogP contribution in [0.5, 0.6) is 5.75 Å². The van der Waals surface area contributed by atoms with Crippen molar-refractivity contribution in [3.05, 3.63) is 33.6 Å². The van der Waals surface area contributed by atoms with Crippen molar-refractivity contribution in [1.29, 1.82) is 0 Å². The lowest BCUT2D eigenvalue weighted by atomic mass is 10.1. The van der Waals surface area contributed by atoms with Gasteiger partial charge in [-0.05, 0) is 0 Å². The van der Waals surface area contributed by atoms with Crippen LogP contribution in [0.1, 0.15) is 10.4 Å². The van der Waals surface area contributed by atoms with Crippen LogP contribution in [0.15, 0.2) is 12.1 Å². The van der Waals surface area contributed by atoms with Gasteiger partial charge >= 0.3 is 11.7 Å². The summed E-state index contributed by atoms with van der Waals surface area (Å²) >= 11 is 0. The third-order valence-electron chi connectivity index (χ3n) is 1.82. The number of aliphatic hydroxyl groups is 1. The number of hydrogen-bond donors (Lipinski definition) is 2. The molecule has 1 rings (SSSR count). The highest BCUT2D eigenvalue weighted by molar-refractivity contribution is 5.89. The van der Waals surface area contributed by atoms with Gasteiger partial charge in [-0.2, -0.15) is 0 Å². The summed E-state index contributed by atoms with van der Waals surface area (Å²) in [5.74, 6) is -3.18. The molecule has 8 heteroatoms. The molecule has 7 nitrogen and oxygen atoms in total. The van der Waals surface area contributed by atoms with E-state index in [0.717, 1.165) is 0 Å². The molecular weight excluding hydrogens is 237 g/mol. The zero-order valence-electron chi connectivity index (χ0n) is 8.42. The first kappa shape index (κ1) is 12.8. The fourth-order valence-corrected chi connectivity index (χ4v) is 1.12. The standard InChI is InChI=1S/C9H8FNO6/c10-6-4-8(17-2-1-12)7(11(15)16)3-5(6)9(13)14/h3-4,12H,1-2H2,(H,13,14). The SMILES string of the molecule is O=C(O)c1cc([N+](=O)[O-])c(OCCO)cc1F. The number of carboxylic acids is 1. The third-order valence-corrected chi connectivity index (χ3v) is 1.82. The number of nitrogens with zero attached hydrogens (tertiary/aromatic N) is 1. The number of nitro groups is 1. The minimum absolute atomic E-state index is 0.257. The van der Waals surface area contributed by atoms with E-state index < -0.39 is 40.3 Å². The average molecular weight is 245 g/mol. The van der Waals surface area contributed by atoms with Gasteiger partial charge in [0.2, 0.25) is 0 Å². The molecule has 0 radical (unpaired) electrons. The Morgan fingerprint density at radius 2 is 2.18 bits per heavy atom. The maximum atomic E-state index is 13.2. The largest absolute Gasteiger partial charge is 0.484 e. The molecule has 17 heavy (non-hydrogen) atoms. The highest BCUT2D eigenvalue weighted by Gasteiger charge is 2.22. The Kier molecular flexibility index (Phi) is 3.94. The Balaban J connectivity index is 3.25. The van der Waals surface area contributed by atoms with Crippen LogP contribution < -0.4 is 4.74 Å². The maximum Gasteiger partial charge on any atom is 0.338 e. The van der Waals surface area contributed by atoms with Crippen molar-refractivity contribution < 1.29 is 29.1 Å². The van der Waals surface area contributed by atoms with Gasteiger partial charge in [0, 0.05) is 12.1 Å². The number of carbonyl (C=O) groups is 1. The molecule has 0 aliphatic heterocycles. The molecule has 0 aliphatic carbocycles. The fraction of sp³-hybridized carbons (Fsp3) is 0.222. The van der Waals surface area contributed by atoms with Crippen LogP contribution in [0.4, 0.5) is 10.1 Å². The van der Waals surface area contributed by atoms with E-state index in [9.17, 15) is 19.3 Å². The highest BCUT2D eigenvalue weighted by Crippen LogP contribution is 2.30. The van der Waals surface area contributed by atoms with Crippen LogP contribution in [-0.2, 0) is 0 Å². The molecule has 0 amide bonds. The summed E-state index contributed by atoms with van der Waals surface area (Å²) in [5.41, 5.74) is -1.48. The Morgan fingerprint density at radius 3 is 2.65 bits per heavy atom. The van der Waals surface area contributed by atoms with Crippen LogP contribution in [0.3, 0.4) is 0 Å². The number of hydrogen-bond acceptors (Lipinski definition) is 5. The van der Waals surface area contributed by atoms with Crippen LogP contribution in [0, 0.1) is 15.9 Å². The van der Waals surface area contributed by atoms with E-state index in [0.29, 0.717) is 12.1 Å². The van der Waals surface area contributed by atoms with Crippen molar-refractivity contribution in [3.63, 3.8) is 0 Å². The predicted molar refractivity (Wildman–Crippen MR) is 52.6 cm³/mol.